The lowest BCUT2D eigenvalue weighted by atomic mass is 10.2. The van der Waals surface area contributed by atoms with Crippen LogP contribution in [0.5, 0.6) is 17.4 Å². The van der Waals surface area contributed by atoms with E-state index in [1.807, 2.05) is 13.0 Å². The second-order valence-electron chi connectivity index (χ2n) is 3.53. The summed E-state index contributed by atoms with van der Waals surface area (Å²) in [5.41, 5.74) is 0.967. The molecular formula is C12H10BrFN2O2. The Bertz CT molecular complexity index is 578. The largest absolute Gasteiger partial charge is 0.496 e. The molecule has 6 heteroatoms. The minimum Gasteiger partial charge on any atom is -0.496 e. The fourth-order valence-corrected chi connectivity index (χ4v) is 1.64. The molecular weight excluding hydrogens is 303 g/mol. The highest BCUT2D eigenvalue weighted by Crippen LogP contribution is 2.28. The normalized spacial score (nSPS) is 10.2. The lowest BCUT2D eigenvalue weighted by Crippen LogP contribution is -1.95. The van der Waals surface area contributed by atoms with E-state index in [1.165, 1.54) is 0 Å². The number of aryl methyl sites for hydroxylation is 1. The van der Waals surface area contributed by atoms with Gasteiger partial charge in [-0.2, -0.15) is 9.37 Å². The fraction of sp³-hybridized carbons (Fsp3) is 0.167. The van der Waals surface area contributed by atoms with Crippen molar-refractivity contribution in [1.82, 2.24) is 9.97 Å². The van der Waals surface area contributed by atoms with Crippen LogP contribution in [-0.4, -0.2) is 17.1 Å². The van der Waals surface area contributed by atoms with Crippen LogP contribution in [0.1, 0.15) is 5.56 Å². The maximum absolute atomic E-state index is 13.4. The molecule has 2 aromatic rings. The van der Waals surface area contributed by atoms with Crippen LogP contribution in [0.3, 0.4) is 0 Å². The highest BCUT2D eigenvalue weighted by atomic mass is 79.9. The third kappa shape index (κ3) is 2.76. The lowest BCUT2D eigenvalue weighted by molar-refractivity contribution is 0.396. The molecule has 4 nitrogen and oxygen atoms in total. The molecule has 1 aromatic heterocycles. The minimum atomic E-state index is -0.627. The van der Waals surface area contributed by atoms with Gasteiger partial charge in [-0.25, -0.2) is 4.98 Å². The summed E-state index contributed by atoms with van der Waals surface area (Å²) >= 11 is 3.06. The number of benzene rings is 1. The summed E-state index contributed by atoms with van der Waals surface area (Å²) in [6.07, 6.45) is 1.04. The van der Waals surface area contributed by atoms with E-state index >= 15 is 0 Å². The van der Waals surface area contributed by atoms with Gasteiger partial charge in [-0.15, -0.1) is 0 Å². The molecule has 0 aliphatic rings. The number of ether oxygens (including phenoxy) is 2. The van der Waals surface area contributed by atoms with Crippen molar-refractivity contribution in [3.05, 3.63) is 40.5 Å². The van der Waals surface area contributed by atoms with E-state index < -0.39 is 5.82 Å². The smallest absolute Gasteiger partial charge is 0.260 e. The molecule has 0 N–H and O–H groups in total. The molecule has 0 radical (unpaired) electrons. The zero-order valence-electron chi connectivity index (χ0n) is 9.78. The van der Waals surface area contributed by atoms with E-state index in [0.29, 0.717) is 11.5 Å². The standard InChI is InChI=1S/C12H10BrFN2O2/c1-7-3-4-8(5-10(7)17-2)18-11-9(14)6-15-12(13)16-11/h3-6H,1-2H3. The molecule has 18 heavy (non-hydrogen) atoms. The second kappa shape index (κ2) is 5.30. The molecule has 0 aliphatic heterocycles. The number of aromatic nitrogens is 2. The average Bonchev–Trinajstić information content (AvgIpc) is 2.36. The molecule has 0 saturated heterocycles. The van der Waals surface area contributed by atoms with Crippen molar-refractivity contribution >= 4 is 15.9 Å². The molecule has 1 heterocycles. The predicted molar refractivity (Wildman–Crippen MR) is 67.5 cm³/mol. The van der Waals surface area contributed by atoms with Gasteiger partial charge >= 0.3 is 0 Å². The maximum atomic E-state index is 13.4. The van der Waals surface area contributed by atoms with Crippen LogP contribution in [0.25, 0.3) is 0 Å². The van der Waals surface area contributed by atoms with Gasteiger partial charge in [0.05, 0.1) is 13.3 Å². The Kier molecular flexibility index (Phi) is 3.76. The van der Waals surface area contributed by atoms with E-state index in [9.17, 15) is 4.39 Å². The molecule has 0 amide bonds. The molecule has 0 fully saturated rings. The Balaban J connectivity index is 2.31. The molecule has 0 bridgehead atoms. The third-order valence-electron chi connectivity index (χ3n) is 2.28. The van der Waals surface area contributed by atoms with Gasteiger partial charge in [-0.1, -0.05) is 6.07 Å². The first kappa shape index (κ1) is 12.8. The SMILES string of the molecule is COc1cc(Oc2nc(Br)ncc2F)ccc1C. The summed E-state index contributed by atoms with van der Waals surface area (Å²) < 4.78 is 24.2. The van der Waals surface area contributed by atoms with Gasteiger partial charge in [0.25, 0.3) is 5.88 Å². The number of nitrogens with zero attached hydrogens (tertiary/aromatic N) is 2. The van der Waals surface area contributed by atoms with E-state index in [2.05, 4.69) is 25.9 Å². The zero-order valence-corrected chi connectivity index (χ0v) is 11.4. The molecule has 1 aromatic carbocycles. The second-order valence-corrected chi connectivity index (χ2v) is 4.23. The molecule has 2 rings (SSSR count). The van der Waals surface area contributed by atoms with Gasteiger partial charge in [0.2, 0.25) is 5.82 Å². The zero-order chi connectivity index (χ0) is 13.1. The summed E-state index contributed by atoms with van der Waals surface area (Å²) in [7, 11) is 1.56. The number of hydrogen-bond donors (Lipinski definition) is 0. The Morgan fingerprint density at radius 1 is 1.33 bits per heavy atom. The third-order valence-corrected chi connectivity index (χ3v) is 2.66. The first-order chi connectivity index (χ1) is 8.60. The van der Waals surface area contributed by atoms with Crippen molar-refractivity contribution in [1.29, 1.82) is 0 Å². The summed E-state index contributed by atoms with van der Waals surface area (Å²) in [6, 6.07) is 5.21. The van der Waals surface area contributed by atoms with E-state index in [-0.39, 0.29) is 10.6 Å². The van der Waals surface area contributed by atoms with Crippen molar-refractivity contribution in [3.63, 3.8) is 0 Å². The Labute approximate surface area is 112 Å². The number of halogens is 2. The van der Waals surface area contributed by atoms with Gasteiger partial charge < -0.3 is 9.47 Å². The van der Waals surface area contributed by atoms with Crippen LogP contribution in [-0.2, 0) is 0 Å². The van der Waals surface area contributed by atoms with E-state index in [4.69, 9.17) is 9.47 Å². The van der Waals surface area contributed by atoms with Gasteiger partial charge in [0, 0.05) is 6.07 Å². The van der Waals surface area contributed by atoms with Crippen molar-refractivity contribution < 1.29 is 13.9 Å². The topological polar surface area (TPSA) is 44.2 Å². The molecule has 0 unspecified atom stereocenters. The Hall–Kier alpha value is -1.69. The number of methoxy groups -OCH3 is 1. The summed E-state index contributed by atoms with van der Waals surface area (Å²) in [4.78, 5) is 7.47. The van der Waals surface area contributed by atoms with Gasteiger partial charge in [-0.05, 0) is 34.5 Å². The van der Waals surface area contributed by atoms with Crippen molar-refractivity contribution in [2.45, 2.75) is 6.92 Å². The molecule has 0 atom stereocenters. The van der Waals surface area contributed by atoms with Crippen LogP contribution in [0.15, 0.2) is 29.1 Å². The summed E-state index contributed by atoms with van der Waals surface area (Å²) in [5, 5.41) is 0. The van der Waals surface area contributed by atoms with Gasteiger partial charge in [0.15, 0.2) is 4.73 Å². The van der Waals surface area contributed by atoms with E-state index in [1.54, 1.807) is 19.2 Å². The monoisotopic (exact) mass is 312 g/mol. The van der Waals surface area contributed by atoms with Crippen molar-refractivity contribution in [3.8, 4) is 17.4 Å². The van der Waals surface area contributed by atoms with Crippen LogP contribution in [0, 0.1) is 12.7 Å². The molecule has 0 aliphatic carbocycles. The van der Waals surface area contributed by atoms with Crippen LogP contribution >= 0.6 is 15.9 Å². The summed E-state index contributed by atoms with van der Waals surface area (Å²) in [6.45, 7) is 1.91. The quantitative estimate of drug-likeness (QED) is 0.814. The fourth-order valence-electron chi connectivity index (χ4n) is 1.38. The lowest BCUT2D eigenvalue weighted by Gasteiger charge is -2.09. The van der Waals surface area contributed by atoms with Crippen LogP contribution in [0.4, 0.5) is 4.39 Å². The van der Waals surface area contributed by atoms with Crippen molar-refractivity contribution in [2.75, 3.05) is 7.11 Å². The first-order valence-electron chi connectivity index (χ1n) is 5.10. The average molecular weight is 313 g/mol. The highest BCUT2D eigenvalue weighted by molar-refractivity contribution is 9.10. The Morgan fingerprint density at radius 2 is 2.11 bits per heavy atom. The predicted octanol–water partition coefficient (Wildman–Crippen LogP) is 3.49. The Morgan fingerprint density at radius 3 is 2.83 bits per heavy atom. The summed E-state index contributed by atoms with van der Waals surface area (Å²) in [5.74, 6) is 0.350. The maximum Gasteiger partial charge on any atom is 0.260 e. The first-order valence-corrected chi connectivity index (χ1v) is 5.90. The number of hydrogen-bond acceptors (Lipinski definition) is 4. The highest BCUT2D eigenvalue weighted by Gasteiger charge is 2.09. The van der Waals surface area contributed by atoms with E-state index in [0.717, 1.165) is 11.8 Å². The van der Waals surface area contributed by atoms with Crippen LogP contribution < -0.4 is 9.47 Å². The van der Waals surface area contributed by atoms with Gasteiger partial charge in [-0.3, -0.25) is 0 Å². The minimum absolute atomic E-state index is 0.136. The molecule has 94 valence electrons. The van der Waals surface area contributed by atoms with Gasteiger partial charge in [0.1, 0.15) is 11.5 Å². The number of rotatable bonds is 3. The van der Waals surface area contributed by atoms with Crippen molar-refractivity contribution in [2.24, 2.45) is 0 Å². The molecule has 0 saturated carbocycles. The molecule has 0 spiro atoms. The van der Waals surface area contributed by atoms with Crippen LogP contribution in [0.2, 0.25) is 0 Å².